The third-order valence-corrected chi connectivity index (χ3v) is 3.98. The number of benzene rings is 1. The van der Waals surface area contributed by atoms with Crippen molar-refractivity contribution in [1.29, 1.82) is 0 Å². The van der Waals surface area contributed by atoms with Crippen molar-refractivity contribution in [2.75, 3.05) is 0 Å². The van der Waals surface area contributed by atoms with Gasteiger partial charge < -0.3 is 9.88 Å². The van der Waals surface area contributed by atoms with Gasteiger partial charge in [0.15, 0.2) is 0 Å². The predicted molar refractivity (Wildman–Crippen MR) is 85.1 cm³/mol. The molecule has 0 fully saturated rings. The first-order valence-corrected chi connectivity index (χ1v) is 7.55. The van der Waals surface area contributed by atoms with Crippen LogP contribution in [0.25, 0.3) is 0 Å². The van der Waals surface area contributed by atoms with Crippen molar-refractivity contribution >= 4 is 33.4 Å². The number of hydrogen-bond acceptors (Lipinski definition) is 1. The summed E-state index contributed by atoms with van der Waals surface area (Å²) in [5.41, 5.74) is 1.62. The third-order valence-electron chi connectivity index (χ3n) is 3.00. The second-order valence-electron chi connectivity index (χ2n) is 4.82. The fourth-order valence-corrected chi connectivity index (χ4v) is 2.60. The summed E-state index contributed by atoms with van der Waals surface area (Å²) in [6, 6.07) is 9.69. The van der Waals surface area contributed by atoms with Crippen LogP contribution >= 0.6 is 27.5 Å². The lowest BCUT2D eigenvalue weighted by molar-refractivity contribution is 0.0940. The van der Waals surface area contributed by atoms with Crippen LogP contribution < -0.4 is 5.32 Å². The van der Waals surface area contributed by atoms with Gasteiger partial charge in [-0.2, -0.15) is 0 Å². The van der Waals surface area contributed by atoms with Crippen molar-refractivity contribution in [3.63, 3.8) is 0 Å². The fraction of sp³-hybridized carbons (Fsp3) is 0.267. The lowest BCUT2D eigenvalue weighted by atomic mass is 10.2. The molecule has 106 valence electrons. The van der Waals surface area contributed by atoms with Gasteiger partial charge in [-0.15, -0.1) is 0 Å². The van der Waals surface area contributed by atoms with Crippen molar-refractivity contribution in [3.8, 4) is 0 Å². The van der Waals surface area contributed by atoms with Gasteiger partial charge in [-0.25, -0.2) is 0 Å². The Hall–Kier alpha value is -1.26. The molecule has 1 heterocycles. The molecular formula is C15H16BrClN2O. The summed E-state index contributed by atoms with van der Waals surface area (Å²) in [5, 5.41) is 3.49. The van der Waals surface area contributed by atoms with Crippen LogP contribution in [0.15, 0.2) is 41.0 Å². The number of aromatic nitrogens is 1. The number of amides is 1. The number of hydrogen-bond donors (Lipinski definition) is 1. The Morgan fingerprint density at radius 3 is 2.75 bits per heavy atom. The number of carbonyl (C=O) groups is 1. The summed E-state index contributed by atoms with van der Waals surface area (Å²) in [4.78, 5) is 12.3. The average Bonchev–Trinajstić information content (AvgIpc) is 2.80. The van der Waals surface area contributed by atoms with Gasteiger partial charge in [-0.1, -0.05) is 45.7 Å². The monoisotopic (exact) mass is 354 g/mol. The summed E-state index contributed by atoms with van der Waals surface area (Å²) in [6.07, 6.45) is 1.78. The van der Waals surface area contributed by atoms with Crippen LogP contribution in [0.1, 0.15) is 35.9 Å². The Labute approximate surface area is 132 Å². The van der Waals surface area contributed by atoms with Gasteiger partial charge in [0.25, 0.3) is 5.91 Å². The Morgan fingerprint density at radius 2 is 2.10 bits per heavy atom. The Balaban J connectivity index is 2.11. The van der Waals surface area contributed by atoms with Gasteiger partial charge in [-0.3, -0.25) is 4.79 Å². The van der Waals surface area contributed by atoms with E-state index in [1.165, 1.54) is 0 Å². The maximum Gasteiger partial charge on any atom is 0.268 e. The zero-order valence-electron chi connectivity index (χ0n) is 11.4. The molecule has 2 aromatic rings. The number of nitrogens with zero attached hydrogens (tertiary/aromatic N) is 1. The van der Waals surface area contributed by atoms with E-state index in [9.17, 15) is 4.79 Å². The van der Waals surface area contributed by atoms with Gasteiger partial charge in [0, 0.05) is 23.3 Å². The zero-order chi connectivity index (χ0) is 14.7. The van der Waals surface area contributed by atoms with Gasteiger partial charge in [-0.05, 0) is 31.5 Å². The van der Waals surface area contributed by atoms with E-state index >= 15 is 0 Å². The van der Waals surface area contributed by atoms with Crippen molar-refractivity contribution in [2.45, 2.75) is 26.4 Å². The smallest absolute Gasteiger partial charge is 0.268 e. The Morgan fingerprint density at radius 1 is 1.40 bits per heavy atom. The molecule has 2 rings (SSSR count). The molecule has 1 aromatic carbocycles. The number of carbonyl (C=O) groups excluding carboxylic acids is 1. The van der Waals surface area contributed by atoms with Gasteiger partial charge in [0.1, 0.15) is 5.69 Å². The van der Waals surface area contributed by atoms with Gasteiger partial charge >= 0.3 is 0 Å². The molecular weight excluding hydrogens is 340 g/mol. The fourth-order valence-electron chi connectivity index (χ4n) is 1.96. The molecule has 5 heteroatoms. The lowest BCUT2D eigenvalue weighted by Gasteiger charge is -2.13. The molecule has 20 heavy (non-hydrogen) atoms. The second kappa shape index (κ2) is 6.46. The van der Waals surface area contributed by atoms with E-state index < -0.39 is 0 Å². The van der Waals surface area contributed by atoms with E-state index in [0.29, 0.717) is 17.3 Å². The van der Waals surface area contributed by atoms with Gasteiger partial charge in [0.2, 0.25) is 0 Å². The highest BCUT2D eigenvalue weighted by molar-refractivity contribution is 9.10. The lowest BCUT2D eigenvalue weighted by Crippen LogP contribution is -2.26. The molecule has 0 saturated carbocycles. The highest BCUT2D eigenvalue weighted by atomic mass is 79.9. The Bertz CT molecular complexity index is 622. The molecule has 0 bridgehead atoms. The van der Waals surface area contributed by atoms with Crippen LogP contribution in [0.5, 0.6) is 0 Å². The van der Waals surface area contributed by atoms with Crippen LogP contribution in [0, 0.1) is 0 Å². The van der Waals surface area contributed by atoms with Crippen molar-refractivity contribution in [1.82, 2.24) is 9.88 Å². The summed E-state index contributed by atoms with van der Waals surface area (Å²) < 4.78 is 2.86. The normalized spacial score (nSPS) is 10.8. The molecule has 0 atom stereocenters. The van der Waals surface area contributed by atoms with E-state index in [-0.39, 0.29) is 11.9 Å². The van der Waals surface area contributed by atoms with Crippen LogP contribution in [0.3, 0.4) is 0 Å². The van der Waals surface area contributed by atoms with E-state index in [0.717, 1.165) is 10.0 Å². The van der Waals surface area contributed by atoms with Crippen molar-refractivity contribution in [3.05, 3.63) is 57.3 Å². The summed E-state index contributed by atoms with van der Waals surface area (Å²) in [5.74, 6) is -0.124. The average molecular weight is 356 g/mol. The molecule has 1 amide bonds. The first-order chi connectivity index (χ1) is 9.49. The van der Waals surface area contributed by atoms with Crippen LogP contribution in [-0.2, 0) is 6.54 Å². The quantitative estimate of drug-likeness (QED) is 0.865. The number of halogens is 2. The molecule has 0 spiro atoms. The summed E-state index contributed by atoms with van der Waals surface area (Å²) in [7, 11) is 0. The van der Waals surface area contributed by atoms with Gasteiger partial charge in [0.05, 0.1) is 5.02 Å². The van der Waals surface area contributed by atoms with E-state index in [1.807, 2.05) is 42.7 Å². The SMILES string of the molecule is CC(C)n1cc(Cl)cc1C(=O)NCc1ccccc1Br. The first-order valence-electron chi connectivity index (χ1n) is 6.38. The first kappa shape index (κ1) is 15.1. The maximum absolute atomic E-state index is 12.3. The molecule has 1 aromatic heterocycles. The molecule has 0 radical (unpaired) electrons. The van der Waals surface area contributed by atoms with Crippen LogP contribution in [0.4, 0.5) is 0 Å². The Kier molecular flexibility index (Phi) is 4.89. The summed E-state index contributed by atoms with van der Waals surface area (Å²) >= 11 is 9.45. The largest absolute Gasteiger partial charge is 0.347 e. The highest BCUT2D eigenvalue weighted by Gasteiger charge is 2.15. The maximum atomic E-state index is 12.3. The second-order valence-corrected chi connectivity index (χ2v) is 6.11. The molecule has 0 unspecified atom stereocenters. The highest BCUT2D eigenvalue weighted by Crippen LogP contribution is 2.19. The topological polar surface area (TPSA) is 34.0 Å². The van der Waals surface area contributed by atoms with Crippen molar-refractivity contribution in [2.24, 2.45) is 0 Å². The van der Waals surface area contributed by atoms with E-state index in [4.69, 9.17) is 11.6 Å². The molecule has 0 aliphatic heterocycles. The standard InChI is InChI=1S/C15H16BrClN2O/c1-10(2)19-9-12(17)7-14(19)15(20)18-8-11-5-3-4-6-13(11)16/h3-7,9-10H,8H2,1-2H3,(H,18,20). The molecule has 3 nitrogen and oxygen atoms in total. The summed E-state index contributed by atoms with van der Waals surface area (Å²) in [6.45, 7) is 4.50. The van der Waals surface area contributed by atoms with Crippen LogP contribution in [-0.4, -0.2) is 10.5 Å². The van der Waals surface area contributed by atoms with E-state index in [2.05, 4.69) is 21.2 Å². The molecule has 0 aliphatic rings. The predicted octanol–water partition coefficient (Wildman–Crippen LogP) is 4.41. The molecule has 0 aliphatic carbocycles. The molecule has 0 saturated heterocycles. The minimum absolute atomic E-state index is 0.124. The van der Waals surface area contributed by atoms with Crippen LogP contribution in [0.2, 0.25) is 5.02 Å². The van der Waals surface area contributed by atoms with E-state index in [1.54, 1.807) is 12.3 Å². The minimum atomic E-state index is -0.124. The number of nitrogens with one attached hydrogen (secondary N) is 1. The third kappa shape index (κ3) is 3.44. The minimum Gasteiger partial charge on any atom is -0.347 e. The zero-order valence-corrected chi connectivity index (χ0v) is 13.7. The molecule has 1 N–H and O–H groups in total. The number of rotatable bonds is 4. The van der Waals surface area contributed by atoms with Crippen molar-refractivity contribution < 1.29 is 4.79 Å².